The van der Waals surface area contributed by atoms with Gasteiger partial charge in [0.15, 0.2) is 0 Å². The van der Waals surface area contributed by atoms with Gasteiger partial charge in [-0.05, 0) is 23.3 Å². The Balaban J connectivity index is 2.15. The van der Waals surface area contributed by atoms with Crippen LogP contribution in [0.4, 0.5) is 0 Å². The Morgan fingerprint density at radius 2 is 1.45 bits per heavy atom. The average Bonchev–Trinajstić information content (AvgIpc) is 2.93. The fourth-order valence-electron chi connectivity index (χ4n) is 2.98. The molecule has 0 amide bonds. The topological polar surface area (TPSA) is 53.6 Å². The molecule has 0 unspecified atom stereocenters. The number of fused-ring (bicyclic) bond motifs is 3. The summed E-state index contributed by atoms with van der Waals surface area (Å²) in [5.41, 5.74) is 3.62. The monoisotopic (exact) mass is 288 g/mol. The van der Waals surface area contributed by atoms with E-state index in [1.807, 2.05) is 66.7 Å². The van der Waals surface area contributed by atoms with E-state index < -0.39 is 7.12 Å². The highest BCUT2D eigenvalue weighted by Gasteiger charge is 2.23. The molecule has 106 valence electrons. The van der Waals surface area contributed by atoms with Crippen molar-refractivity contribution in [3.05, 3.63) is 66.7 Å². The van der Waals surface area contributed by atoms with Gasteiger partial charge in [-0.1, -0.05) is 54.6 Å². The molecule has 2 N–H and O–H groups in total. The van der Waals surface area contributed by atoms with Gasteiger partial charge in [0.2, 0.25) is 0 Å². The third kappa shape index (κ3) is 1.93. The van der Waals surface area contributed by atoms with Gasteiger partial charge < -0.3 is 14.5 Å². The predicted octanol–water partition coefficient (Wildman–Crippen LogP) is 2.93. The van der Waals surface area contributed by atoms with E-state index >= 15 is 0 Å². The van der Waals surface area contributed by atoms with Crippen molar-refractivity contribution in [1.82, 2.24) is 0 Å². The summed E-state index contributed by atoms with van der Waals surface area (Å²) >= 11 is 0. The standard InChI is InChI=1S/C18H13BO3/c20-19(21)18-13(12-6-2-1-3-7-12)10-11-16-17(18)14-8-4-5-9-15(14)22-16/h1-11,20-21H. The Morgan fingerprint density at radius 1 is 0.727 bits per heavy atom. The first-order valence-corrected chi connectivity index (χ1v) is 7.11. The fraction of sp³-hybridized carbons (Fsp3) is 0. The Hall–Kier alpha value is -2.56. The molecule has 3 aromatic carbocycles. The third-order valence-electron chi connectivity index (χ3n) is 3.93. The van der Waals surface area contributed by atoms with E-state index in [1.54, 1.807) is 0 Å². The Bertz CT molecular complexity index is 958. The van der Waals surface area contributed by atoms with Crippen molar-refractivity contribution in [2.75, 3.05) is 0 Å². The lowest BCUT2D eigenvalue weighted by Gasteiger charge is -2.10. The highest BCUT2D eigenvalue weighted by molar-refractivity contribution is 6.64. The molecule has 1 aromatic heterocycles. The van der Waals surface area contributed by atoms with Crippen molar-refractivity contribution >= 4 is 34.5 Å². The summed E-state index contributed by atoms with van der Waals surface area (Å²) in [5, 5.41) is 21.6. The van der Waals surface area contributed by atoms with Crippen LogP contribution in [0.3, 0.4) is 0 Å². The first-order chi connectivity index (χ1) is 10.8. The maximum Gasteiger partial charge on any atom is 0.489 e. The molecule has 22 heavy (non-hydrogen) atoms. The molecule has 1 heterocycles. The van der Waals surface area contributed by atoms with Gasteiger partial charge in [-0.15, -0.1) is 0 Å². The number of hydrogen-bond acceptors (Lipinski definition) is 3. The molecule has 4 heteroatoms. The zero-order valence-electron chi connectivity index (χ0n) is 11.7. The molecule has 0 atom stereocenters. The molecule has 0 spiro atoms. The van der Waals surface area contributed by atoms with Crippen LogP contribution in [0.15, 0.2) is 71.1 Å². The largest absolute Gasteiger partial charge is 0.489 e. The highest BCUT2D eigenvalue weighted by atomic mass is 16.4. The molecule has 0 saturated heterocycles. The van der Waals surface area contributed by atoms with Crippen LogP contribution in [-0.2, 0) is 0 Å². The predicted molar refractivity (Wildman–Crippen MR) is 89.0 cm³/mol. The van der Waals surface area contributed by atoms with Gasteiger partial charge in [0.25, 0.3) is 0 Å². The van der Waals surface area contributed by atoms with Gasteiger partial charge in [-0.2, -0.15) is 0 Å². The summed E-state index contributed by atoms with van der Waals surface area (Å²) in [6, 6.07) is 21.1. The van der Waals surface area contributed by atoms with Crippen molar-refractivity contribution in [2.45, 2.75) is 0 Å². The van der Waals surface area contributed by atoms with Crippen molar-refractivity contribution in [2.24, 2.45) is 0 Å². The summed E-state index contributed by atoms with van der Waals surface area (Å²) in [4.78, 5) is 0. The normalized spacial score (nSPS) is 11.2. The molecule has 0 aliphatic carbocycles. The molecule has 0 aliphatic heterocycles. The molecule has 0 aliphatic rings. The summed E-state index contributed by atoms with van der Waals surface area (Å²) in [6.07, 6.45) is 0. The van der Waals surface area contributed by atoms with Gasteiger partial charge in [-0.3, -0.25) is 0 Å². The van der Waals surface area contributed by atoms with Gasteiger partial charge in [0.1, 0.15) is 11.2 Å². The molecule has 0 fully saturated rings. The van der Waals surface area contributed by atoms with Crippen molar-refractivity contribution in [3.8, 4) is 11.1 Å². The lowest BCUT2D eigenvalue weighted by Crippen LogP contribution is -2.32. The number of furan rings is 1. The minimum atomic E-state index is -1.57. The second-order valence-electron chi connectivity index (χ2n) is 5.24. The van der Waals surface area contributed by atoms with Gasteiger partial charge in [-0.25, -0.2) is 0 Å². The molecule has 3 nitrogen and oxygen atoms in total. The van der Waals surface area contributed by atoms with E-state index in [9.17, 15) is 10.0 Å². The van der Waals surface area contributed by atoms with Crippen LogP contribution >= 0.6 is 0 Å². The van der Waals surface area contributed by atoms with E-state index in [1.165, 1.54) is 0 Å². The summed E-state index contributed by atoms with van der Waals surface area (Å²) < 4.78 is 5.81. The number of benzene rings is 3. The fourth-order valence-corrected chi connectivity index (χ4v) is 2.98. The Kier molecular flexibility index (Phi) is 3.00. The van der Waals surface area contributed by atoms with Gasteiger partial charge in [0, 0.05) is 16.2 Å². The molecule has 4 rings (SSSR count). The van der Waals surface area contributed by atoms with Crippen molar-refractivity contribution in [1.29, 1.82) is 0 Å². The second-order valence-corrected chi connectivity index (χ2v) is 5.24. The van der Waals surface area contributed by atoms with Crippen LogP contribution in [-0.4, -0.2) is 17.2 Å². The third-order valence-corrected chi connectivity index (χ3v) is 3.93. The first kappa shape index (κ1) is 13.1. The average molecular weight is 288 g/mol. The second kappa shape index (κ2) is 5.02. The Labute approximate surface area is 127 Å². The number of para-hydroxylation sites is 1. The van der Waals surface area contributed by atoms with Crippen LogP contribution in [0.1, 0.15) is 0 Å². The van der Waals surface area contributed by atoms with Crippen LogP contribution in [0.25, 0.3) is 33.1 Å². The molecule has 4 aromatic rings. The van der Waals surface area contributed by atoms with E-state index in [0.29, 0.717) is 11.0 Å². The molecule has 0 bridgehead atoms. The summed E-state index contributed by atoms with van der Waals surface area (Å²) in [6.45, 7) is 0. The molecular weight excluding hydrogens is 275 g/mol. The van der Waals surface area contributed by atoms with Crippen molar-refractivity contribution in [3.63, 3.8) is 0 Å². The van der Waals surface area contributed by atoms with Crippen LogP contribution < -0.4 is 5.46 Å². The first-order valence-electron chi connectivity index (χ1n) is 7.11. The van der Waals surface area contributed by atoms with Crippen LogP contribution in [0.2, 0.25) is 0 Å². The lowest BCUT2D eigenvalue weighted by molar-refractivity contribution is 0.426. The molecule has 0 saturated carbocycles. The van der Waals surface area contributed by atoms with Gasteiger partial charge in [0.05, 0.1) is 0 Å². The minimum absolute atomic E-state index is 0.480. The summed E-state index contributed by atoms with van der Waals surface area (Å²) in [7, 11) is -1.57. The highest BCUT2D eigenvalue weighted by Crippen LogP contribution is 2.30. The van der Waals surface area contributed by atoms with E-state index in [0.717, 1.165) is 27.5 Å². The zero-order chi connectivity index (χ0) is 15.1. The zero-order valence-corrected chi connectivity index (χ0v) is 11.7. The maximum absolute atomic E-state index is 9.96. The minimum Gasteiger partial charge on any atom is -0.456 e. The van der Waals surface area contributed by atoms with E-state index in [4.69, 9.17) is 4.42 Å². The van der Waals surface area contributed by atoms with E-state index in [-0.39, 0.29) is 0 Å². The lowest BCUT2D eigenvalue weighted by atomic mass is 9.73. The number of rotatable bonds is 2. The van der Waals surface area contributed by atoms with Crippen LogP contribution in [0, 0.1) is 0 Å². The quantitative estimate of drug-likeness (QED) is 0.558. The molecular formula is C18H13BO3. The van der Waals surface area contributed by atoms with Crippen LogP contribution in [0.5, 0.6) is 0 Å². The number of hydrogen-bond donors (Lipinski definition) is 2. The van der Waals surface area contributed by atoms with Crippen molar-refractivity contribution < 1.29 is 14.5 Å². The molecule has 0 radical (unpaired) electrons. The van der Waals surface area contributed by atoms with Gasteiger partial charge >= 0.3 is 7.12 Å². The SMILES string of the molecule is OB(O)c1c(-c2ccccc2)ccc2oc3ccccc3c12. The Morgan fingerprint density at radius 3 is 2.23 bits per heavy atom. The van der Waals surface area contributed by atoms with E-state index in [2.05, 4.69) is 0 Å². The maximum atomic E-state index is 9.96. The summed E-state index contributed by atoms with van der Waals surface area (Å²) in [5.74, 6) is 0. The smallest absolute Gasteiger partial charge is 0.456 e.